The third-order valence-electron chi connectivity index (χ3n) is 4.54. The summed E-state index contributed by atoms with van der Waals surface area (Å²) in [4.78, 5) is 0.610. The first-order valence-corrected chi connectivity index (χ1v) is 8.15. The molecule has 0 bridgehead atoms. The van der Waals surface area contributed by atoms with Gasteiger partial charge in [-0.05, 0) is 43.9 Å². The third kappa shape index (κ3) is 3.47. The van der Waals surface area contributed by atoms with E-state index in [-0.39, 0.29) is 0 Å². The molecule has 2 unspecified atom stereocenters. The molecule has 0 amide bonds. The summed E-state index contributed by atoms with van der Waals surface area (Å²) in [7, 11) is 0. The fourth-order valence-electron chi connectivity index (χ4n) is 3.25. The summed E-state index contributed by atoms with van der Waals surface area (Å²) in [5.41, 5.74) is 0.678. The summed E-state index contributed by atoms with van der Waals surface area (Å²) >= 11 is 3.83. The fourth-order valence-corrected chi connectivity index (χ4v) is 3.52. The molecule has 17 heavy (non-hydrogen) atoms. The predicted octanol–water partition coefficient (Wildman–Crippen LogP) is 5.07. The van der Waals surface area contributed by atoms with Gasteiger partial charge in [-0.15, -0.1) is 0 Å². The van der Waals surface area contributed by atoms with Gasteiger partial charge in [0, 0.05) is 4.83 Å². The van der Waals surface area contributed by atoms with Crippen LogP contribution in [0.2, 0.25) is 0 Å². The molecule has 2 rings (SSSR count). The van der Waals surface area contributed by atoms with Crippen molar-refractivity contribution in [2.45, 2.75) is 88.7 Å². The molecular formula is C15H27BrO. The van der Waals surface area contributed by atoms with Gasteiger partial charge in [-0.25, -0.2) is 0 Å². The Morgan fingerprint density at radius 3 is 2.47 bits per heavy atom. The highest BCUT2D eigenvalue weighted by Gasteiger charge is 2.42. The lowest BCUT2D eigenvalue weighted by atomic mass is 9.89. The Labute approximate surface area is 115 Å². The molecule has 2 heteroatoms. The van der Waals surface area contributed by atoms with Crippen molar-refractivity contribution in [2.24, 2.45) is 5.41 Å². The summed E-state index contributed by atoms with van der Waals surface area (Å²) in [5.74, 6) is 0. The van der Waals surface area contributed by atoms with Gasteiger partial charge < -0.3 is 4.74 Å². The standard InChI is InChI=1S/C15H27BrO/c1-14(2,3)13(16)7-6-12-8-11-15(17-12)9-4-5-10-15/h12-13H,4-11H2,1-3H3. The van der Waals surface area contributed by atoms with Gasteiger partial charge in [-0.2, -0.15) is 0 Å². The maximum atomic E-state index is 6.35. The van der Waals surface area contributed by atoms with Gasteiger partial charge in [-0.3, -0.25) is 0 Å². The molecule has 2 aliphatic rings. The second kappa shape index (κ2) is 5.21. The number of hydrogen-bond donors (Lipinski definition) is 0. The summed E-state index contributed by atoms with van der Waals surface area (Å²) in [6, 6.07) is 0. The van der Waals surface area contributed by atoms with Crippen LogP contribution in [0, 0.1) is 5.41 Å². The van der Waals surface area contributed by atoms with Crippen molar-refractivity contribution in [3.63, 3.8) is 0 Å². The van der Waals surface area contributed by atoms with E-state index >= 15 is 0 Å². The van der Waals surface area contributed by atoms with Gasteiger partial charge in [-0.1, -0.05) is 49.5 Å². The summed E-state index contributed by atoms with van der Waals surface area (Å²) in [5, 5.41) is 0. The Balaban J connectivity index is 1.75. The SMILES string of the molecule is CC(C)(C)C(Br)CCC1CCC2(CCCC2)O1. The van der Waals surface area contributed by atoms with Crippen molar-refractivity contribution in [2.75, 3.05) is 0 Å². The van der Waals surface area contributed by atoms with Gasteiger partial charge >= 0.3 is 0 Å². The lowest BCUT2D eigenvalue weighted by Crippen LogP contribution is -2.26. The molecule has 1 aliphatic carbocycles. The number of ether oxygens (including phenoxy) is 1. The molecule has 0 N–H and O–H groups in total. The van der Waals surface area contributed by atoms with Crippen molar-refractivity contribution >= 4 is 15.9 Å². The number of hydrogen-bond acceptors (Lipinski definition) is 1. The molecule has 1 spiro atoms. The number of rotatable bonds is 3. The van der Waals surface area contributed by atoms with E-state index in [1.54, 1.807) is 0 Å². The Bertz CT molecular complexity index is 250. The Morgan fingerprint density at radius 2 is 1.88 bits per heavy atom. The smallest absolute Gasteiger partial charge is 0.0687 e. The van der Waals surface area contributed by atoms with E-state index in [1.807, 2.05) is 0 Å². The topological polar surface area (TPSA) is 9.23 Å². The van der Waals surface area contributed by atoms with E-state index in [1.165, 1.54) is 51.4 Å². The molecule has 1 nitrogen and oxygen atoms in total. The van der Waals surface area contributed by atoms with Crippen LogP contribution >= 0.6 is 15.9 Å². The molecule has 0 aromatic carbocycles. The van der Waals surface area contributed by atoms with Crippen molar-refractivity contribution in [1.29, 1.82) is 0 Å². The third-order valence-corrected chi connectivity index (χ3v) is 6.37. The van der Waals surface area contributed by atoms with Crippen LogP contribution in [0.3, 0.4) is 0 Å². The monoisotopic (exact) mass is 302 g/mol. The first-order chi connectivity index (χ1) is 7.91. The van der Waals surface area contributed by atoms with Crippen molar-refractivity contribution in [1.82, 2.24) is 0 Å². The highest BCUT2D eigenvalue weighted by Crippen LogP contribution is 2.44. The lowest BCUT2D eigenvalue weighted by Gasteiger charge is -2.27. The summed E-state index contributed by atoms with van der Waals surface area (Å²) < 4.78 is 6.35. The minimum atomic E-state index is 0.314. The van der Waals surface area contributed by atoms with Crippen LogP contribution in [-0.2, 0) is 4.74 Å². The quantitative estimate of drug-likeness (QED) is 0.662. The van der Waals surface area contributed by atoms with Gasteiger partial charge in [0.15, 0.2) is 0 Å². The first-order valence-electron chi connectivity index (χ1n) is 7.23. The average molecular weight is 303 g/mol. The zero-order valence-electron chi connectivity index (χ0n) is 11.6. The predicted molar refractivity (Wildman–Crippen MR) is 76.7 cm³/mol. The van der Waals surface area contributed by atoms with Crippen LogP contribution in [0.15, 0.2) is 0 Å². The number of alkyl halides is 1. The Morgan fingerprint density at radius 1 is 1.24 bits per heavy atom. The van der Waals surface area contributed by atoms with Crippen LogP contribution < -0.4 is 0 Å². The average Bonchev–Trinajstić information content (AvgIpc) is 2.85. The van der Waals surface area contributed by atoms with Crippen molar-refractivity contribution < 1.29 is 4.74 Å². The fraction of sp³-hybridized carbons (Fsp3) is 1.00. The van der Waals surface area contributed by atoms with Crippen LogP contribution in [0.1, 0.15) is 72.1 Å². The van der Waals surface area contributed by atoms with E-state index in [9.17, 15) is 0 Å². The minimum Gasteiger partial charge on any atom is -0.372 e. The zero-order valence-corrected chi connectivity index (χ0v) is 13.2. The van der Waals surface area contributed by atoms with Gasteiger partial charge in [0.05, 0.1) is 11.7 Å². The normalized spacial score (nSPS) is 30.0. The van der Waals surface area contributed by atoms with Gasteiger partial charge in [0.25, 0.3) is 0 Å². The van der Waals surface area contributed by atoms with E-state index in [0.717, 1.165) is 0 Å². The molecule has 2 atom stereocenters. The zero-order chi connectivity index (χ0) is 12.5. The maximum absolute atomic E-state index is 6.35. The first kappa shape index (κ1) is 13.9. The second-order valence-corrected chi connectivity index (χ2v) is 8.18. The molecule has 1 aliphatic heterocycles. The van der Waals surface area contributed by atoms with E-state index < -0.39 is 0 Å². The van der Waals surface area contributed by atoms with E-state index in [4.69, 9.17) is 4.74 Å². The Hall–Kier alpha value is 0.440. The highest BCUT2D eigenvalue weighted by atomic mass is 79.9. The highest BCUT2D eigenvalue weighted by molar-refractivity contribution is 9.09. The van der Waals surface area contributed by atoms with Gasteiger partial charge in [0.2, 0.25) is 0 Å². The Kier molecular flexibility index (Phi) is 4.24. The second-order valence-electron chi connectivity index (χ2n) is 7.08. The molecule has 100 valence electrons. The van der Waals surface area contributed by atoms with Gasteiger partial charge in [0.1, 0.15) is 0 Å². The largest absolute Gasteiger partial charge is 0.372 e. The molecular weight excluding hydrogens is 276 g/mol. The summed E-state index contributed by atoms with van der Waals surface area (Å²) in [6.07, 6.45) is 11.0. The number of halogens is 1. The van der Waals surface area contributed by atoms with Crippen LogP contribution in [-0.4, -0.2) is 16.5 Å². The minimum absolute atomic E-state index is 0.314. The van der Waals surface area contributed by atoms with E-state index in [2.05, 4.69) is 36.7 Å². The summed E-state index contributed by atoms with van der Waals surface area (Å²) in [6.45, 7) is 6.92. The molecule has 2 fully saturated rings. The van der Waals surface area contributed by atoms with Crippen molar-refractivity contribution in [3.8, 4) is 0 Å². The van der Waals surface area contributed by atoms with Crippen LogP contribution in [0.25, 0.3) is 0 Å². The molecule has 1 saturated heterocycles. The molecule has 0 aromatic rings. The molecule has 1 saturated carbocycles. The maximum Gasteiger partial charge on any atom is 0.0687 e. The van der Waals surface area contributed by atoms with E-state index in [0.29, 0.717) is 21.9 Å². The lowest BCUT2D eigenvalue weighted by molar-refractivity contribution is -0.0398. The van der Waals surface area contributed by atoms with Crippen molar-refractivity contribution in [3.05, 3.63) is 0 Å². The molecule has 1 heterocycles. The van der Waals surface area contributed by atoms with Crippen LogP contribution in [0.5, 0.6) is 0 Å². The molecule has 0 radical (unpaired) electrons. The molecule has 0 aromatic heterocycles. The van der Waals surface area contributed by atoms with Crippen LogP contribution in [0.4, 0.5) is 0 Å².